The number of nitrogens with two attached hydrogens (primary N) is 1. The van der Waals surface area contributed by atoms with E-state index in [-0.39, 0.29) is 94.7 Å². The molecule has 7 atom stereocenters. The Morgan fingerprint density at radius 3 is 1.18 bits per heavy atom. The van der Waals surface area contributed by atoms with Gasteiger partial charge in [0, 0.05) is 24.2 Å². The molecule has 9 aliphatic rings. The van der Waals surface area contributed by atoms with Crippen molar-refractivity contribution in [2.45, 2.75) is 314 Å². The fraction of sp³-hybridized carbons (Fsp3) is 0.795. The van der Waals surface area contributed by atoms with Gasteiger partial charge in [-0.3, -0.25) is 87.1 Å². The summed E-state index contributed by atoms with van der Waals surface area (Å²) < 4.78 is 0. The van der Waals surface area contributed by atoms with Gasteiger partial charge in [-0.15, -0.1) is 6.42 Å². The SMILES string of the molecule is C#CC(C)(C)NC(=O)[C@@H]1CCCN1C.CC(C)C(C)(C)NC(=O)[C@@H]1CCCN1C.CCCNC(=O)C(C)(C)NC.CCN(OC)C(=O)[C@@H]1CCCN1C.CN1CCC[C@H]1C(=O)NC(C)(C)C#N.CN1CCC[C@H]1C(=O)NC(C)(C)C(N)=O.CN1CCC[C@H]1C(=O)NC12CCCC1CCC2.CON(Cc1ccccc1)C(=O)[C@@H]1CCCN1C. The van der Waals surface area contributed by atoms with E-state index in [4.69, 9.17) is 27.1 Å². The van der Waals surface area contributed by atoms with Gasteiger partial charge in [-0.2, -0.15) is 5.26 Å². The molecule has 7 heterocycles. The Hall–Kier alpha value is -6.90. The smallest absolute Gasteiger partial charge is 0.263 e. The minimum Gasteiger partial charge on any atom is -0.368 e. The highest BCUT2D eigenvalue weighted by Gasteiger charge is 2.48. The summed E-state index contributed by atoms with van der Waals surface area (Å²) in [5.74, 6) is 3.87. The van der Waals surface area contributed by atoms with Crippen LogP contribution < -0.4 is 43.0 Å². The summed E-state index contributed by atoms with van der Waals surface area (Å²) in [7, 11) is 18.8. The lowest BCUT2D eigenvalue weighted by Crippen LogP contribution is -2.56. The third-order valence-corrected chi connectivity index (χ3v) is 24.8. The second kappa shape index (κ2) is 49.7. The van der Waals surface area contributed by atoms with E-state index in [0.29, 0.717) is 24.9 Å². The quantitative estimate of drug-likeness (QED) is 0.0413. The Bertz CT molecular complexity index is 3270. The van der Waals surface area contributed by atoms with E-state index in [1.807, 2.05) is 124 Å². The highest BCUT2D eigenvalue weighted by Crippen LogP contribution is 2.47. The topological polar surface area (TPSA) is 335 Å². The summed E-state index contributed by atoms with van der Waals surface area (Å²) >= 11 is 0. The van der Waals surface area contributed by atoms with Gasteiger partial charge in [-0.1, -0.05) is 69.9 Å². The number of nitrogens with zero attached hydrogens (tertiary/aromatic N) is 10. The Morgan fingerprint density at radius 1 is 0.513 bits per heavy atom. The van der Waals surface area contributed by atoms with Gasteiger partial charge in [0.25, 0.3) is 11.8 Å². The molecule has 0 bridgehead atoms. The summed E-state index contributed by atoms with van der Waals surface area (Å²) in [6, 6.07) is 12.0. The second-order valence-corrected chi connectivity index (χ2v) is 36.3. The van der Waals surface area contributed by atoms with Gasteiger partial charge in [0.15, 0.2) is 0 Å². The molecule has 666 valence electrons. The molecule has 0 aromatic heterocycles. The Kier molecular flexibility index (Phi) is 44.3. The van der Waals surface area contributed by atoms with E-state index in [2.05, 4.69) is 108 Å². The Balaban J connectivity index is 0.000000347. The number of rotatable bonds is 23. The number of likely N-dealkylation sites (N-methyl/N-ethyl adjacent to an activating group) is 9. The number of primary amides is 1. The van der Waals surface area contributed by atoms with E-state index >= 15 is 0 Å². The standard InChI is InChI=1S/C14H20N2O2.C14H24N2O.C12H24N2O.C11H18N2O.C10H19N3O2.C10H17N3O.C9H18N2O2.C8H18N2O/c1-15-10-6-9-13(15)14(17)16(18-2)11-12-7-4-3-5-8-12;1-16-10-4-7-12(16)13(17)15-14-8-2-5-11(14)6-3-9-14;1-9(2)12(3,4)13-11(15)10-7-6-8-14(10)5;1-5-11(2,3)12-10(14)9-7-6-8-13(9)4;1-10(2,9(11)15)12-8(14)7-5-4-6-13(7)3;1-10(2,7-11)12-9(14)8-5-4-6-13(8)3;1-4-11(13-3)9(12)8-6-5-7-10(8)2;1-5-6-10-7(11)8(2,3)9-4/h3-5,7-8,13H,6,9-11H2,1-2H3;11-12H,2-10H2,1H3,(H,15,17);9-10H,6-8H2,1-5H3,(H,13,15);1,9H,6-8H2,2-4H3,(H,12,14);7H,4-6H2,1-3H3,(H2,11,15)(H,12,14);8H,4-6H2,1-3H3,(H,12,14);8H,4-7H2,1-3H3;9H,5-6H2,1-4H3,(H,10,11)/t13-;11?,12-,14?;10-;9-;7-;2*8-;/m0000000./s1. The van der Waals surface area contributed by atoms with Crippen LogP contribution in [0.3, 0.4) is 0 Å². The molecule has 10 rings (SSSR count). The number of terminal acetylenes is 1. The lowest BCUT2D eigenvalue weighted by Gasteiger charge is -2.33. The van der Waals surface area contributed by atoms with Gasteiger partial charge in [0.1, 0.15) is 11.1 Å². The number of hydroxylamine groups is 4. The van der Waals surface area contributed by atoms with Gasteiger partial charge in [-0.05, 0) is 318 Å². The maximum absolute atomic E-state index is 12.4. The largest absolute Gasteiger partial charge is 0.368 e. The van der Waals surface area contributed by atoms with Gasteiger partial charge < -0.3 is 43.0 Å². The average Bonchev–Trinajstić information content (AvgIpc) is 1.63. The molecule has 0 unspecified atom stereocenters. The van der Waals surface area contributed by atoms with Gasteiger partial charge in [0.05, 0.1) is 80.2 Å². The van der Waals surface area contributed by atoms with Gasteiger partial charge >= 0.3 is 0 Å². The number of hydrogen-bond donors (Lipinski definition) is 8. The summed E-state index contributed by atoms with van der Waals surface area (Å²) in [6.07, 6.45) is 28.3. The zero-order chi connectivity index (χ0) is 88.4. The molecule has 1 aromatic carbocycles. The van der Waals surface area contributed by atoms with Crippen molar-refractivity contribution in [1.29, 1.82) is 5.26 Å². The molecule has 2 saturated carbocycles. The van der Waals surface area contributed by atoms with Crippen molar-refractivity contribution >= 4 is 53.2 Å². The monoisotopic (exact) mass is 1640 g/mol. The summed E-state index contributed by atoms with van der Waals surface area (Å²) in [5, 5.41) is 32.3. The van der Waals surface area contributed by atoms with Crippen LogP contribution in [0.15, 0.2) is 30.3 Å². The molecule has 9 fully saturated rings. The predicted octanol–water partition coefficient (Wildman–Crippen LogP) is 6.79. The number of nitriles is 1. The molecule has 2 aliphatic carbocycles. The Morgan fingerprint density at radius 2 is 0.863 bits per heavy atom. The molecule has 0 radical (unpaired) electrons. The number of fused-ring (bicyclic) bond motifs is 1. The average molecular weight is 1640 g/mol. The van der Waals surface area contributed by atoms with E-state index < -0.39 is 28.1 Å². The maximum Gasteiger partial charge on any atom is 0.263 e. The third kappa shape index (κ3) is 33.6. The van der Waals surface area contributed by atoms with Crippen LogP contribution >= 0.6 is 0 Å². The minimum absolute atomic E-state index is 0.00243. The van der Waals surface area contributed by atoms with Crippen molar-refractivity contribution < 1.29 is 52.8 Å². The van der Waals surface area contributed by atoms with Crippen molar-refractivity contribution in [3.8, 4) is 18.4 Å². The minimum atomic E-state index is -0.972. The predicted molar refractivity (Wildman–Crippen MR) is 464 cm³/mol. The van der Waals surface area contributed by atoms with Crippen LogP contribution in [-0.4, -0.2) is 303 Å². The molecule has 9 N–H and O–H groups in total. The first-order valence-electron chi connectivity index (χ1n) is 43.2. The molecule has 29 nitrogen and oxygen atoms in total. The summed E-state index contributed by atoms with van der Waals surface area (Å²) in [5.41, 5.74) is 3.62. The van der Waals surface area contributed by atoms with Crippen molar-refractivity contribution in [1.82, 2.24) is 81.6 Å². The van der Waals surface area contributed by atoms with E-state index in [1.54, 1.807) is 41.9 Å². The number of benzene rings is 1. The first kappa shape index (κ1) is 104. The van der Waals surface area contributed by atoms with Crippen molar-refractivity contribution in [2.75, 3.05) is 130 Å². The molecule has 1 aromatic rings. The van der Waals surface area contributed by atoms with Crippen LogP contribution in [0, 0.1) is 35.5 Å². The van der Waals surface area contributed by atoms with Crippen molar-refractivity contribution in [2.24, 2.45) is 17.6 Å². The molecule has 29 heteroatoms. The van der Waals surface area contributed by atoms with E-state index in [0.717, 1.165) is 154 Å². The fourth-order valence-electron chi connectivity index (χ4n) is 15.9. The molecule has 0 spiro atoms. The number of carbonyl (C=O) groups is 9. The third-order valence-electron chi connectivity index (χ3n) is 24.8. The number of carbonyl (C=O) groups excluding carboxylic acids is 9. The summed E-state index contributed by atoms with van der Waals surface area (Å²) in [6.45, 7) is 35.3. The zero-order valence-electron chi connectivity index (χ0n) is 76.6. The Labute approximate surface area is 704 Å². The van der Waals surface area contributed by atoms with E-state index in [1.165, 1.54) is 62.2 Å². The molecular formula is C88H158N18O11. The van der Waals surface area contributed by atoms with Crippen LogP contribution in [0.4, 0.5) is 0 Å². The second-order valence-electron chi connectivity index (χ2n) is 36.3. The van der Waals surface area contributed by atoms with Crippen molar-refractivity contribution in [3.05, 3.63) is 35.9 Å². The number of nitrogens with one attached hydrogen (secondary N) is 7. The molecular weight excluding hydrogens is 1490 g/mol. The van der Waals surface area contributed by atoms with E-state index in [9.17, 15) is 43.2 Å². The lowest BCUT2D eigenvalue weighted by atomic mass is 9.90. The lowest BCUT2D eigenvalue weighted by molar-refractivity contribution is -0.183. The fourth-order valence-corrected chi connectivity index (χ4v) is 15.9. The van der Waals surface area contributed by atoms with Crippen molar-refractivity contribution in [3.63, 3.8) is 0 Å². The summed E-state index contributed by atoms with van der Waals surface area (Å²) in [4.78, 5) is 131. The van der Waals surface area contributed by atoms with Gasteiger partial charge in [-0.25, -0.2) is 10.1 Å². The highest BCUT2D eigenvalue weighted by molar-refractivity contribution is 5.92. The highest BCUT2D eigenvalue weighted by atomic mass is 16.7. The number of amides is 9. The van der Waals surface area contributed by atoms with Crippen LogP contribution in [0.2, 0.25) is 0 Å². The first-order chi connectivity index (χ1) is 54.8. The van der Waals surface area contributed by atoms with Crippen LogP contribution in [0.25, 0.3) is 0 Å². The molecule has 117 heavy (non-hydrogen) atoms. The van der Waals surface area contributed by atoms with Crippen LogP contribution in [0.1, 0.15) is 237 Å². The zero-order valence-corrected chi connectivity index (χ0v) is 76.6. The number of hydrogen-bond acceptors (Lipinski definition) is 20. The molecule has 7 aliphatic heterocycles. The number of likely N-dealkylation sites (tertiary alicyclic amines) is 7. The van der Waals surface area contributed by atoms with Gasteiger partial charge in [0.2, 0.25) is 41.4 Å². The van der Waals surface area contributed by atoms with Crippen LogP contribution in [0.5, 0.6) is 0 Å². The van der Waals surface area contributed by atoms with Crippen LogP contribution in [-0.2, 0) is 59.4 Å². The maximum atomic E-state index is 12.4. The molecule has 7 saturated heterocycles. The normalized spacial score (nSPS) is 24.3. The molecule has 9 amide bonds. The first-order valence-corrected chi connectivity index (χ1v) is 43.2.